The number of nitrogens with one attached hydrogen (secondary N) is 1. The van der Waals surface area contributed by atoms with E-state index < -0.39 is 23.7 Å². The highest BCUT2D eigenvalue weighted by molar-refractivity contribution is 5.90. The van der Waals surface area contributed by atoms with Gasteiger partial charge in [-0.05, 0) is 25.1 Å². The van der Waals surface area contributed by atoms with Gasteiger partial charge >= 0.3 is 5.97 Å². The van der Waals surface area contributed by atoms with Crippen molar-refractivity contribution in [2.45, 2.75) is 39.2 Å². The molecule has 8 heteroatoms. The predicted octanol–water partition coefficient (Wildman–Crippen LogP) is 2.12. The summed E-state index contributed by atoms with van der Waals surface area (Å²) in [5, 5.41) is 15.4. The summed E-state index contributed by atoms with van der Waals surface area (Å²) in [6.45, 7) is 5.35. The van der Waals surface area contributed by atoms with Gasteiger partial charge in [0.05, 0.1) is 12.1 Å². The molecule has 1 unspecified atom stereocenters. The second kappa shape index (κ2) is 7.20. The van der Waals surface area contributed by atoms with Crippen molar-refractivity contribution >= 4 is 11.9 Å². The van der Waals surface area contributed by atoms with Gasteiger partial charge in [0, 0.05) is 12.0 Å². The summed E-state index contributed by atoms with van der Waals surface area (Å²) in [4.78, 5) is 27.1. The molecule has 0 bridgehead atoms. The molecule has 0 fully saturated rings. The van der Waals surface area contributed by atoms with Gasteiger partial charge in [0.1, 0.15) is 11.6 Å². The lowest BCUT2D eigenvalue weighted by molar-refractivity contribution is -0.137. The summed E-state index contributed by atoms with van der Waals surface area (Å²) >= 11 is 0. The molecule has 128 valence electrons. The topological polar surface area (TPSA) is 97.1 Å². The molecule has 7 nitrogen and oxygen atoms in total. The normalized spacial score (nSPS) is 12.2. The number of nitrogens with zero attached hydrogens (tertiary/aromatic N) is 3. The summed E-state index contributed by atoms with van der Waals surface area (Å²) in [6, 6.07) is 5.27. The van der Waals surface area contributed by atoms with Crippen LogP contribution in [0.4, 0.5) is 4.39 Å². The Kier molecular flexibility index (Phi) is 5.28. The fraction of sp³-hybridized carbons (Fsp3) is 0.375. The Morgan fingerprint density at radius 3 is 2.62 bits per heavy atom. The van der Waals surface area contributed by atoms with Crippen molar-refractivity contribution in [3.05, 3.63) is 41.7 Å². The number of amides is 1. The monoisotopic (exact) mass is 334 g/mol. The lowest BCUT2D eigenvalue weighted by atomic mass is 10.2. The fourth-order valence-corrected chi connectivity index (χ4v) is 2.19. The number of carbonyl (C=O) groups is 2. The molecular weight excluding hydrogens is 315 g/mol. The van der Waals surface area contributed by atoms with E-state index in [1.807, 2.05) is 13.8 Å². The lowest BCUT2D eigenvalue weighted by Crippen LogP contribution is -2.34. The second-order valence-corrected chi connectivity index (χ2v) is 5.81. The van der Waals surface area contributed by atoms with Gasteiger partial charge in [0.2, 0.25) is 5.82 Å². The number of rotatable bonds is 6. The molecule has 2 aromatic rings. The van der Waals surface area contributed by atoms with E-state index in [0.717, 1.165) is 0 Å². The number of carbonyl (C=O) groups excluding carboxylic acids is 1. The molecule has 0 saturated carbocycles. The van der Waals surface area contributed by atoms with Crippen LogP contribution in [0.3, 0.4) is 0 Å². The third-order valence-electron chi connectivity index (χ3n) is 3.26. The minimum Gasteiger partial charge on any atom is -0.481 e. The van der Waals surface area contributed by atoms with Crippen LogP contribution in [0, 0.1) is 5.82 Å². The Balaban J connectivity index is 2.31. The van der Waals surface area contributed by atoms with E-state index in [9.17, 15) is 14.0 Å². The minimum absolute atomic E-state index is 0.0428. The summed E-state index contributed by atoms with van der Waals surface area (Å²) in [6.07, 6.45) is -0.201. The van der Waals surface area contributed by atoms with Gasteiger partial charge in [-0.25, -0.2) is 14.1 Å². The van der Waals surface area contributed by atoms with Crippen molar-refractivity contribution in [1.29, 1.82) is 0 Å². The van der Waals surface area contributed by atoms with Crippen LogP contribution in [-0.2, 0) is 4.79 Å². The van der Waals surface area contributed by atoms with Gasteiger partial charge in [-0.15, -0.1) is 5.10 Å². The van der Waals surface area contributed by atoms with E-state index in [2.05, 4.69) is 15.4 Å². The second-order valence-electron chi connectivity index (χ2n) is 5.81. The molecule has 2 rings (SSSR count). The zero-order valence-corrected chi connectivity index (χ0v) is 13.7. The molecule has 0 saturated heterocycles. The van der Waals surface area contributed by atoms with Crippen LogP contribution < -0.4 is 5.32 Å². The molecule has 0 spiro atoms. The first-order valence-corrected chi connectivity index (χ1v) is 7.53. The average molecular weight is 334 g/mol. The number of benzene rings is 1. The maximum absolute atomic E-state index is 13.4. The number of aliphatic carboxylic acids is 1. The van der Waals surface area contributed by atoms with E-state index in [0.29, 0.717) is 11.5 Å². The summed E-state index contributed by atoms with van der Waals surface area (Å²) < 4.78 is 14.9. The van der Waals surface area contributed by atoms with Crippen molar-refractivity contribution in [1.82, 2.24) is 20.1 Å². The molecule has 1 heterocycles. The number of aromatic nitrogens is 3. The number of carboxylic acids is 1. The molecule has 1 aromatic heterocycles. The van der Waals surface area contributed by atoms with Gasteiger partial charge < -0.3 is 10.4 Å². The third-order valence-corrected chi connectivity index (χ3v) is 3.26. The van der Waals surface area contributed by atoms with Gasteiger partial charge in [0.15, 0.2) is 0 Å². The first-order chi connectivity index (χ1) is 11.3. The van der Waals surface area contributed by atoms with Crippen LogP contribution in [-0.4, -0.2) is 37.8 Å². The van der Waals surface area contributed by atoms with Gasteiger partial charge in [-0.1, -0.05) is 19.9 Å². The number of halogens is 1. The molecule has 1 amide bonds. The van der Waals surface area contributed by atoms with Crippen LogP contribution in [0.25, 0.3) is 5.69 Å². The Morgan fingerprint density at radius 2 is 2.04 bits per heavy atom. The lowest BCUT2D eigenvalue weighted by Gasteiger charge is -2.09. The van der Waals surface area contributed by atoms with Gasteiger partial charge in [0.25, 0.3) is 5.91 Å². The van der Waals surface area contributed by atoms with E-state index in [1.165, 1.54) is 16.8 Å². The van der Waals surface area contributed by atoms with Crippen LogP contribution in [0.1, 0.15) is 49.6 Å². The molecule has 0 aliphatic rings. The van der Waals surface area contributed by atoms with E-state index in [1.54, 1.807) is 19.1 Å². The summed E-state index contributed by atoms with van der Waals surface area (Å²) in [5.74, 6) is -1.61. The highest BCUT2D eigenvalue weighted by Crippen LogP contribution is 2.18. The molecule has 1 aromatic carbocycles. The maximum Gasteiger partial charge on any atom is 0.305 e. The summed E-state index contributed by atoms with van der Waals surface area (Å²) in [7, 11) is 0. The van der Waals surface area contributed by atoms with Crippen molar-refractivity contribution in [3.63, 3.8) is 0 Å². The number of hydrogen-bond donors (Lipinski definition) is 2. The Hall–Kier alpha value is -2.77. The number of hydrogen-bond acceptors (Lipinski definition) is 4. The predicted molar refractivity (Wildman–Crippen MR) is 84.6 cm³/mol. The number of carboxylic acid groups (broad SMARTS) is 1. The highest BCUT2D eigenvalue weighted by atomic mass is 19.1. The van der Waals surface area contributed by atoms with Crippen LogP contribution in [0.5, 0.6) is 0 Å². The molecular formula is C16H19FN4O3. The van der Waals surface area contributed by atoms with E-state index in [4.69, 9.17) is 5.11 Å². The molecule has 2 N–H and O–H groups in total. The SMILES string of the molecule is CC(CC(=O)O)NC(=O)c1nc(C(C)C)n(-c2cccc(F)c2)n1. The van der Waals surface area contributed by atoms with Crippen molar-refractivity contribution in [3.8, 4) is 5.69 Å². The van der Waals surface area contributed by atoms with Gasteiger partial charge in [-0.3, -0.25) is 9.59 Å². The average Bonchev–Trinajstić information content (AvgIpc) is 2.91. The zero-order chi connectivity index (χ0) is 17.9. The maximum atomic E-state index is 13.4. The Bertz CT molecular complexity index is 758. The zero-order valence-electron chi connectivity index (χ0n) is 13.7. The molecule has 24 heavy (non-hydrogen) atoms. The first kappa shape index (κ1) is 17.6. The largest absolute Gasteiger partial charge is 0.481 e. The smallest absolute Gasteiger partial charge is 0.305 e. The molecule has 0 radical (unpaired) electrons. The van der Waals surface area contributed by atoms with Crippen molar-refractivity contribution < 1.29 is 19.1 Å². The van der Waals surface area contributed by atoms with Crippen LogP contribution >= 0.6 is 0 Å². The van der Waals surface area contributed by atoms with Crippen LogP contribution in [0.15, 0.2) is 24.3 Å². The quantitative estimate of drug-likeness (QED) is 0.843. The minimum atomic E-state index is -1.01. The first-order valence-electron chi connectivity index (χ1n) is 7.53. The van der Waals surface area contributed by atoms with E-state index in [-0.39, 0.29) is 18.2 Å². The summed E-state index contributed by atoms with van der Waals surface area (Å²) in [5.41, 5.74) is 0.462. The van der Waals surface area contributed by atoms with Crippen molar-refractivity contribution in [2.24, 2.45) is 0 Å². The van der Waals surface area contributed by atoms with Crippen molar-refractivity contribution in [2.75, 3.05) is 0 Å². The standard InChI is InChI=1S/C16H19FN4O3/c1-9(2)15-19-14(16(24)18-10(3)7-13(22)23)20-21(15)12-6-4-5-11(17)8-12/h4-6,8-10H,7H2,1-3H3,(H,18,24)(H,22,23). The Morgan fingerprint density at radius 1 is 1.33 bits per heavy atom. The van der Waals surface area contributed by atoms with Crippen LogP contribution in [0.2, 0.25) is 0 Å². The Labute approximate surface area is 138 Å². The highest BCUT2D eigenvalue weighted by Gasteiger charge is 2.21. The fourth-order valence-electron chi connectivity index (χ4n) is 2.19. The third kappa shape index (κ3) is 4.15. The van der Waals surface area contributed by atoms with E-state index >= 15 is 0 Å². The molecule has 1 atom stereocenters. The van der Waals surface area contributed by atoms with Gasteiger partial charge in [-0.2, -0.15) is 0 Å². The molecule has 0 aliphatic heterocycles. The molecule has 0 aliphatic carbocycles.